The first kappa shape index (κ1) is 26.6. The Balaban J connectivity index is 2.44. The Morgan fingerprint density at radius 2 is 1.55 bits per heavy atom. The molecular weight excluding hydrogens is 464 g/mol. The molecule has 0 saturated carbocycles. The highest BCUT2D eigenvalue weighted by Gasteiger charge is 2.32. The Hall–Kier alpha value is -2.62. The lowest BCUT2D eigenvalue weighted by Gasteiger charge is -2.33. The highest BCUT2D eigenvalue weighted by Crippen LogP contribution is 2.22. The summed E-state index contributed by atoms with van der Waals surface area (Å²) in [5.74, 6) is -0.872. The molecule has 1 N–H and O–H groups in total. The van der Waals surface area contributed by atoms with Crippen molar-refractivity contribution in [3.05, 3.63) is 65.2 Å². The molecule has 2 aromatic carbocycles. The van der Waals surface area contributed by atoms with Crippen LogP contribution >= 0.6 is 11.6 Å². The monoisotopic (exact) mass is 494 g/mol. The van der Waals surface area contributed by atoms with Crippen LogP contribution in [0.5, 0.6) is 0 Å². The molecule has 180 valence electrons. The summed E-state index contributed by atoms with van der Waals surface area (Å²) < 4.78 is 28.1. The third-order valence-corrected chi connectivity index (χ3v) is 7.15. The van der Waals surface area contributed by atoms with Gasteiger partial charge in [0, 0.05) is 31.7 Å². The van der Waals surface area contributed by atoms with Gasteiger partial charge in [-0.1, -0.05) is 48.0 Å². The van der Waals surface area contributed by atoms with Crippen molar-refractivity contribution in [2.75, 3.05) is 24.9 Å². The fourth-order valence-corrected chi connectivity index (χ4v) is 4.36. The molecule has 2 rings (SSSR count). The lowest BCUT2D eigenvalue weighted by molar-refractivity contribution is -0.139. The summed E-state index contributed by atoms with van der Waals surface area (Å²) in [5.41, 5.74) is 0.995. The number of halogens is 1. The average molecular weight is 495 g/mol. The van der Waals surface area contributed by atoms with Crippen molar-refractivity contribution in [1.29, 1.82) is 0 Å². The molecule has 0 heterocycles. The van der Waals surface area contributed by atoms with E-state index in [9.17, 15) is 18.0 Å². The molecule has 0 spiro atoms. The minimum atomic E-state index is -3.97. The van der Waals surface area contributed by atoms with Gasteiger partial charge in [0.05, 0.1) is 5.69 Å². The summed E-state index contributed by atoms with van der Waals surface area (Å²) in [6, 6.07) is 14.4. The maximum Gasteiger partial charge on any atom is 0.304 e. The second kappa shape index (κ2) is 11.5. The van der Waals surface area contributed by atoms with Crippen molar-refractivity contribution in [2.45, 2.75) is 39.4 Å². The molecule has 0 aliphatic heterocycles. The minimum absolute atomic E-state index is 0.0514. The smallest absolute Gasteiger partial charge is 0.304 e. The number of carbonyl (C=O) groups excluding carboxylic acids is 2. The van der Waals surface area contributed by atoms with Crippen LogP contribution in [0.15, 0.2) is 54.6 Å². The Kier molecular flexibility index (Phi) is 9.27. The maximum absolute atomic E-state index is 13.5. The molecule has 0 saturated heterocycles. The van der Waals surface area contributed by atoms with Crippen LogP contribution in [0.2, 0.25) is 5.02 Å². The average Bonchev–Trinajstić information content (AvgIpc) is 2.76. The van der Waals surface area contributed by atoms with Crippen molar-refractivity contribution in [2.24, 2.45) is 0 Å². The highest BCUT2D eigenvalue weighted by atomic mass is 35.5. The molecule has 1 unspecified atom stereocenters. The van der Waals surface area contributed by atoms with Gasteiger partial charge >= 0.3 is 10.2 Å². The first-order valence-electron chi connectivity index (χ1n) is 10.5. The number of carbonyl (C=O) groups is 2. The van der Waals surface area contributed by atoms with Gasteiger partial charge in [0.15, 0.2) is 0 Å². The summed E-state index contributed by atoms with van der Waals surface area (Å²) >= 11 is 6.31. The van der Waals surface area contributed by atoms with Crippen molar-refractivity contribution >= 4 is 39.3 Å². The van der Waals surface area contributed by atoms with Crippen molar-refractivity contribution in [1.82, 2.24) is 14.5 Å². The van der Waals surface area contributed by atoms with Crippen molar-refractivity contribution in [3.63, 3.8) is 0 Å². The minimum Gasteiger partial charge on any atom is -0.352 e. The molecule has 0 fully saturated rings. The Bertz CT molecular complexity index is 1060. The highest BCUT2D eigenvalue weighted by molar-refractivity contribution is 7.90. The lowest BCUT2D eigenvalue weighted by atomic mass is 10.1. The van der Waals surface area contributed by atoms with Gasteiger partial charge in [0.1, 0.15) is 12.6 Å². The second-order valence-electron chi connectivity index (χ2n) is 8.08. The van der Waals surface area contributed by atoms with Crippen LogP contribution in [0.3, 0.4) is 0 Å². The first-order chi connectivity index (χ1) is 15.4. The predicted octanol–water partition coefficient (Wildman–Crippen LogP) is 2.89. The van der Waals surface area contributed by atoms with E-state index in [4.69, 9.17) is 11.6 Å². The zero-order chi connectivity index (χ0) is 24.8. The molecule has 2 amide bonds. The van der Waals surface area contributed by atoms with Crippen LogP contribution in [0, 0.1) is 0 Å². The van der Waals surface area contributed by atoms with E-state index < -0.39 is 28.7 Å². The van der Waals surface area contributed by atoms with Crippen LogP contribution in [0.25, 0.3) is 0 Å². The van der Waals surface area contributed by atoms with Gasteiger partial charge in [-0.15, -0.1) is 0 Å². The van der Waals surface area contributed by atoms with Gasteiger partial charge in [0.25, 0.3) is 0 Å². The summed E-state index contributed by atoms with van der Waals surface area (Å²) in [5, 5.41) is 3.26. The third kappa shape index (κ3) is 6.93. The fourth-order valence-electron chi connectivity index (χ4n) is 3.11. The summed E-state index contributed by atoms with van der Waals surface area (Å²) in [4.78, 5) is 27.6. The van der Waals surface area contributed by atoms with Crippen molar-refractivity contribution < 1.29 is 18.0 Å². The number of hydrogen-bond acceptors (Lipinski definition) is 4. The molecule has 1 atom stereocenters. The molecule has 0 bridgehead atoms. The number of amides is 2. The van der Waals surface area contributed by atoms with Gasteiger partial charge in [-0.3, -0.25) is 9.59 Å². The predicted molar refractivity (Wildman–Crippen MR) is 131 cm³/mol. The van der Waals surface area contributed by atoms with Crippen LogP contribution in [-0.2, 0) is 26.3 Å². The van der Waals surface area contributed by atoms with E-state index in [2.05, 4.69) is 5.32 Å². The van der Waals surface area contributed by atoms with E-state index in [1.54, 1.807) is 61.5 Å². The first-order valence-corrected chi connectivity index (χ1v) is 12.3. The van der Waals surface area contributed by atoms with Gasteiger partial charge in [-0.05, 0) is 44.5 Å². The Morgan fingerprint density at radius 1 is 0.970 bits per heavy atom. The van der Waals surface area contributed by atoms with Gasteiger partial charge in [0.2, 0.25) is 11.8 Å². The van der Waals surface area contributed by atoms with Gasteiger partial charge in [-0.25, -0.2) is 4.31 Å². The SMILES string of the molecule is CC(C)NC(=O)C(C)N(Cc1ccccc1Cl)C(=O)CN(c1ccccc1)S(=O)(=O)N(C)C. The van der Waals surface area contributed by atoms with E-state index in [0.717, 1.165) is 8.61 Å². The topological polar surface area (TPSA) is 90.0 Å². The van der Waals surface area contributed by atoms with Crippen LogP contribution in [-0.4, -0.2) is 62.2 Å². The Labute approximate surface area is 201 Å². The summed E-state index contributed by atoms with van der Waals surface area (Å²) in [6.07, 6.45) is 0. The van der Waals surface area contributed by atoms with Crippen LogP contribution < -0.4 is 9.62 Å². The van der Waals surface area contributed by atoms with Gasteiger partial charge < -0.3 is 10.2 Å². The molecule has 8 nitrogen and oxygen atoms in total. The lowest BCUT2D eigenvalue weighted by Crippen LogP contribution is -2.53. The number of nitrogens with one attached hydrogen (secondary N) is 1. The number of rotatable bonds is 10. The van der Waals surface area contributed by atoms with E-state index in [0.29, 0.717) is 16.3 Å². The second-order valence-corrected chi connectivity index (χ2v) is 10.6. The zero-order valence-electron chi connectivity index (χ0n) is 19.5. The summed E-state index contributed by atoms with van der Waals surface area (Å²) in [6.45, 7) is 4.83. The van der Waals surface area contributed by atoms with E-state index in [1.807, 2.05) is 13.8 Å². The zero-order valence-corrected chi connectivity index (χ0v) is 21.1. The molecule has 0 radical (unpaired) electrons. The number of benzene rings is 2. The Morgan fingerprint density at radius 3 is 2.09 bits per heavy atom. The largest absolute Gasteiger partial charge is 0.352 e. The van der Waals surface area contributed by atoms with E-state index in [1.165, 1.54) is 19.0 Å². The normalized spacial score (nSPS) is 12.5. The third-order valence-electron chi connectivity index (χ3n) is 4.96. The molecule has 10 heteroatoms. The number of nitrogens with zero attached hydrogens (tertiary/aromatic N) is 3. The number of anilines is 1. The van der Waals surface area contributed by atoms with Crippen LogP contribution in [0.1, 0.15) is 26.3 Å². The van der Waals surface area contributed by atoms with E-state index >= 15 is 0 Å². The molecule has 2 aromatic rings. The standard InChI is InChI=1S/C23H31ClN4O4S/c1-17(2)25-23(30)18(3)27(15-19-11-9-10-14-21(19)24)22(29)16-28(33(31,32)26(4)5)20-12-7-6-8-13-20/h6-14,17-18H,15-16H2,1-5H3,(H,25,30). The van der Waals surface area contributed by atoms with Crippen molar-refractivity contribution in [3.8, 4) is 0 Å². The molecular formula is C23H31ClN4O4S. The number of para-hydroxylation sites is 1. The molecule has 0 aromatic heterocycles. The fraction of sp³-hybridized carbons (Fsp3) is 0.391. The number of hydrogen-bond donors (Lipinski definition) is 1. The van der Waals surface area contributed by atoms with Crippen LogP contribution in [0.4, 0.5) is 5.69 Å². The van der Waals surface area contributed by atoms with Gasteiger partial charge in [-0.2, -0.15) is 12.7 Å². The maximum atomic E-state index is 13.5. The van der Waals surface area contributed by atoms with E-state index in [-0.39, 0.29) is 18.5 Å². The quantitative estimate of drug-likeness (QED) is 0.550. The molecule has 0 aliphatic carbocycles. The molecule has 0 aliphatic rings. The summed E-state index contributed by atoms with van der Waals surface area (Å²) in [7, 11) is -1.18. The molecule has 33 heavy (non-hydrogen) atoms.